The number of hydrogen-bond acceptors (Lipinski definition) is 9. The van der Waals surface area contributed by atoms with Gasteiger partial charge in [-0.25, -0.2) is 0 Å². The fourth-order valence-corrected chi connectivity index (χ4v) is 6.34. The first-order valence-electron chi connectivity index (χ1n) is 8.22. The maximum Gasteiger partial charge on any atom is 0.135 e. The van der Waals surface area contributed by atoms with Gasteiger partial charge >= 0.3 is 0 Å². The van der Waals surface area contributed by atoms with Gasteiger partial charge in [0.2, 0.25) is 0 Å². The van der Waals surface area contributed by atoms with Crippen LogP contribution in [0.15, 0.2) is 0 Å². The molecule has 0 aromatic rings. The van der Waals surface area contributed by atoms with E-state index in [1.54, 1.807) is 0 Å². The maximum atomic E-state index is 12.3. The van der Waals surface area contributed by atoms with Crippen LogP contribution in [0.1, 0.15) is 20.8 Å². The van der Waals surface area contributed by atoms with Crippen molar-refractivity contribution < 1.29 is 43.2 Å². The summed E-state index contributed by atoms with van der Waals surface area (Å²) in [5, 5.41) is 0. The van der Waals surface area contributed by atoms with Crippen LogP contribution in [0.25, 0.3) is 0 Å². The van der Waals surface area contributed by atoms with Crippen LogP contribution >= 0.6 is 0 Å². The molecule has 0 aliphatic heterocycles. The van der Waals surface area contributed by atoms with E-state index in [9.17, 15) is 43.2 Å². The Hall–Kier alpha value is -2.97. The molecule has 0 N–H and O–H groups in total. The third-order valence-electron chi connectivity index (χ3n) is 7.94. The van der Waals surface area contributed by atoms with E-state index in [1.165, 1.54) is 13.8 Å². The summed E-state index contributed by atoms with van der Waals surface area (Å²) in [6.45, 7) is 3.37. The highest BCUT2D eigenvalue weighted by Gasteiger charge is 3.03. The number of rotatable bonds is 9. The van der Waals surface area contributed by atoms with Crippen LogP contribution in [0.2, 0.25) is 0 Å². The molecule has 2 aliphatic carbocycles. The van der Waals surface area contributed by atoms with Crippen molar-refractivity contribution >= 4 is 56.6 Å². The Balaban J connectivity index is 3.40. The molecule has 0 saturated heterocycles. The van der Waals surface area contributed by atoms with Gasteiger partial charge in [0.25, 0.3) is 0 Å². The lowest BCUT2D eigenvalue weighted by atomic mass is 9.35. The third kappa shape index (κ3) is 1.26. The molecule has 0 bridgehead atoms. The lowest BCUT2D eigenvalue weighted by Gasteiger charge is -2.59. The second kappa shape index (κ2) is 5.52. The van der Waals surface area contributed by atoms with Gasteiger partial charge in [-0.2, -0.15) is 0 Å². The number of fused-ring (bicyclic) bond motifs is 1. The second-order valence-corrected chi connectivity index (χ2v) is 8.11. The van der Waals surface area contributed by atoms with E-state index < -0.39 is 37.9 Å². The number of carbonyl (C=O) groups excluding carboxylic acids is 9. The quantitative estimate of drug-likeness (QED) is 0.347. The number of aldehydes is 9. The van der Waals surface area contributed by atoms with E-state index in [4.69, 9.17) is 0 Å². The smallest absolute Gasteiger partial charge is 0.135 e. The van der Waals surface area contributed by atoms with Crippen LogP contribution in [-0.4, -0.2) is 56.6 Å². The highest BCUT2D eigenvalue weighted by Crippen LogP contribution is 2.93. The van der Waals surface area contributed by atoms with Gasteiger partial charge < -0.3 is 43.2 Å². The predicted octanol–water partition coefficient (Wildman–Crippen LogP) is -1.23. The van der Waals surface area contributed by atoms with Gasteiger partial charge in [-0.1, -0.05) is 20.8 Å². The molecule has 2 saturated carbocycles. The maximum absolute atomic E-state index is 12.3. The average molecular weight is 390 g/mol. The molecule has 9 nitrogen and oxygen atoms in total. The summed E-state index contributed by atoms with van der Waals surface area (Å²) in [6, 6.07) is 0. The van der Waals surface area contributed by atoms with E-state index >= 15 is 0 Å². The summed E-state index contributed by atoms with van der Waals surface area (Å²) in [5.41, 5.74) is -17.4. The van der Waals surface area contributed by atoms with Crippen LogP contribution in [0.5, 0.6) is 0 Å². The van der Waals surface area contributed by atoms with Crippen LogP contribution in [0.4, 0.5) is 0 Å². The van der Waals surface area contributed by atoms with Crippen LogP contribution < -0.4 is 0 Å². The van der Waals surface area contributed by atoms with E-state index in [1.807, 2.05) is 0 Å². The molecule has 2 rings (SSSR count). The molecule has 28 heavy (non-hydrogen) atoms. The number of hydrogen-bond donors (Lipinski definition) is 0. The van der Waals surface area contributed by atoms with Crippen molar-refractivity contribution in [2.24, 2.45) is 37.9 Å². The molecule has 3 atom stereocenters. The lowest BCUT2D eigenvalue weighted by molar-refractivity contribution is -0.201. The summed E-state index contributed by atoms with van der Waals surface area (Å²) in [4.78, 5) is 110. The van der Waals surface area contributed by atoms with Crippen molar-refractivity contribution in [3.8, 4) is 0 Å². The SMILES string of the molecule is CC1(C)C2(C=O)C(C=O)(C=O)C(C)(C=O)C(C=O)(C=O)C(C=O)(C=O)C12C=O. The van der Waals surface area contributed by atoms with Gasteiger partial charge in [-0.15, -0.1) is 0 Å². The molecule has 9 heteroatoms. The largest absolute Gasteiger partial charge is 0.303 e. The Kier molecular flexibility index (Phi) is 4.21. The molecule has 2 aliphatic rings. The van der Waals surface area contributed by atoms with E-state index in [-0.39, 0.29) is 56.6 Å². The highest BCUT2D eigenvalue weighted by atomic mass is 16.2. The summed E-state index contributed by atoms with van der Waals surface area (Å²) >= 11 is 0. The van der Waals surface area contributed by atoms with E-state index in [2.05, 4.69) is 0 Å². The van der Waals surface area contributed by atoms with Gasteiger partial charge in [-0.3, -0.25) is 0 Å². The van der Waals surface area contributed by atoms with Gasteiger partial charge in [0.1, 0.15) is 72.8 Å². The Morgan fingerprint density at radius 2 is 0.714 bits per heavy atom. The summed E-state index contributed by atoms with van der Waals surface area (Å²) < 4.78 is 0. The summed E-state index contributed by atoms with van der Waals surface area (Å²) in [7, 11) is 0. The van der Waals surface area contributed by atoms with Crippen LogP contribution in [0, 0.1) is 37.9 Å². The molecule has 0 aromatic carbocycles. The topological polar surface area (TPSA) is 154 Å². The van der Waals surface area contributed by atoms with E-state index in [0.29, 0.717) is 0 Å². The standard InChI is InChI=1S/C19H18O9/c1-13(2)18(11-27)16(7-23,8-24)14(3,4-20)15(5-21,6-22)17(9-25,10-26)19(13,18)12-28/h4-12H,1-3H3. The van der Waals surface area contributed by atoms with Gasteiger partial charge in [-0.05, 0) is 5.41 Å². The first-order chi connectivity index (χ1) is 13.0. The Bertz CT molecular complexity index is 816. The molecule has 0 spiro atoms. The minimum absolute atomic E-state index is 0.0537. The lowest BCUT2D eigenvalue weighted by Crippen LogP contribution is -2.74. The molecular weight excluding hydrogens is 372 g/mol. The zero-order valence-electron chi connectivity index (χ0n) is 15.4. The van der Waals surface area contributed by atoms with Crippen molar-refractivity contribution in [1.29, 1.82) is 0 Å². The minimum atomic E-state index is -2.89. The summed E-state index contributed by atoms with van der Waals surface area (Å²) in [6.07, 6.45) is -0.619. The zero-order chi connectivity index (χ0) is 21.9. The summed E-state index contributed by atoms with van der Waals surface area (Å²) in [5.74, 6) is 0. The number of carbonyl (C=O) groups is 9. The molecule has 0 radical (unpaired) electrons. The van der Waals surface area contributed by atoms with Crippen molar-refractivity contribution in [2.45, 2.75) is 20.8 Å². The first-order valence-corrected chi connectivity index (χ1v) is 8.22. The minimum Gasteiger partial charge on any atom is -0.303 e. The van der Waals surface area contributed by atoms with Crippen molar-refractivity contribution in [3.05, 3.63) is 0 Å². The Morgan fingerprint density at radius 3 is 0.964 bits per heavy atom. The van der Waals surface area contributed by atoms with E-state index in [0.717, 1.165) is 6.92 Å². The Labute approximate surface area is 159 Å². The van der Waals surface area contributed by atoms with Crippen molar-refractivity contribution in [3.63, 3.8) is 0 Å². The zero-order valence-corrected chi connectivity index (χ0v) is 15.4. The van der Waals surface area contributed by atoms with Gasteiger partial charge in [0.05, 0.1) is 16.2 Å². The third-order valence-corrected chi connectivity index (χ3v) is 7.94. The molecule has 148 valence electrons. The molecule has 0 heterocycles. The van der Waals surface area contributed by atoms with Gasteiger partial charge in [0, 0.05) is 0 Å². The molecule has 3 unspecified atom stereocenters. The monoisotopic (exact) mass is 390 g/mol. The van der Waals surface area contributed by atoms with Crippen molar-refractivity contribution in [1.82, 2.24) is 0 Å². The van der Waals surface area contributed by atoms with Gasteiger partial charge in [0.15, 0.2) is 0 Å². The molecule has 0 aromatic heterocycles. The molecular formula is C19H18O9. The van der Waals surface area contributed by atoms with Crippen LogP contribution in [0.3, 0.4) is 0 Å². The highest BCUT2D eigenvalue weighted by molar-refractivity contribution is 6.16. The average Bonchev–Trinajstić information content (AvgIpc) is 3.18. The fourth-order valence-electron chi connectivity index (χ4n) is 6.34. The van der Waals surface area contributed by atoms with Crippen LogP contribution in [-0.2, 0) is 43.2 Å². The molecule has 0 amide bonds. The second-order valence-electron chi connectivity index (χ2n) is 8.11. The first kappa shape index (κ1) is 21.3. The fraction of sp³-hybridized carbons (Fsp3) is 0.526. The Morgan fingerprint density at radius 1 is 0.393 bits per heavy atom. The predicted molar refractivity (Wildman–Crippen MR) is 88.6 cm³/mol. The van der Waals surface area contributed by atoms with Crippen molar-refractivity contribution in [2.75, 3.05) is 0 Å². The normalized spacial score (nSPS) is 37.8. The molecule has 2 fully saturated rings.